The minimum atomic E-state index is -0.798. The third kappa shape index (κ3) is 5.08. The first-order valence-electron chi connectivity index (χ1n) is 11.2. The number of amides is 1. The highest BCUT2D eigenvalue weighted by Crippen LogP contribution is 2.20. The lowest BCUT2D eigenvalue weighted by atomic mass is 9.99. The lowest BCUT2D eigenvalue weighted by Crippen LogP contribution is -2.43. The Morgan fingerprint density at radius 1 is 1.09 bits per heavy atom. The predicted molar refractivity (Wildman–Crippen MR) is 129 cm³/mol. The summed E-state index contributed by atoms with van der Waals surface area (Å²) in [4.78, 5) is 54.7. The van der Waals surface area contributed by atoms with Crippen LogP contribution in [-0.4, -0.2) is 38.6 Å². The Bertz CT molecular complexity index is 1340. The molecular formula is C25H30N4O5. The zero-order valence-electron chi connectivity index (χ0n) is 20.2. The van der Waals surface area contributed by atoms with Crippen molar-refractivity contribution in [3.05, 3.63) is 73.6 Å². The van der Waals surface area contributed by atoms with E-state index in [1.165, 1.54) is 11.6 Å². The fraction of sp³-hybridized carbons (Fsp3) is 0.400. The van der Waals surface area contributed by atoms with Crippen LogP contribution in [0.15, 0.2) is 39.9 Å². The van der Waals surface area contributed by atoms with E-state index in [1.54, 1.807) is 27.8 Å². The fourth-order valence-electron chi connectivity index (χ4n) is 4.10. The highest BCUT2D eigenvalue weighted by molar-refractivity contribution is 5.85. The molecule has 1 amide bonds. The molecule has 2 aromatic heterocycles. The van der Waals surface area contributed by atoms with Crippen LogP contribution in [0.25, 0.3) is 11.0 Å². The summed E-state index contributed by atoms with van der Waals surface area (Å²) in [6.45, 7) is 5.53. The van der Waals surface area contributed by atoms with E-state index in [0.717, 1.165) is 15.7 Å². The van der Waals surface area contributed by atoms with Crippen LogP contribution in [0.2, 0.25) is 0 Å². The SMILES string of the molecule is CCOC(=O)[C@@H](Cc1ccccc1)NC(=O)CCc1c(C)nc2c(c1C)c(=O)n(C)c(=O)n2C. The van der Waals surface area contributed by atoms with E-state index in [4.69, 9.17) is 4.74 Å². The number of fused-ring (bicyclic) bond motifs is 1. The first kappa shape index (κ1) is 24.9. The number of esters is 1. The first-order chi connectivity index (χ1) is 16.1. The molecule has 0 spiro atoms. The standard InChI is InChI=1S/C25H30N4O5/c1-6-34-24(32)19(14-17-10-8-7-9-11-17)27-20(30)13-12-18-15(2)21-22(26-16(18)3)28(4)25(33)29(5)23(21)31/h7-11,19H,6,12-14H2,1-5H3,(H,27,30)/t19-/m1/s1. The van der Waals surface area contributed by atoms with E-state index >= 15 is 0 Å². The van der Waals surface area contributed by atoms with Crippen LogP contribution in [0, 0.1) is 13.8 Å². The van der Waals surface area contributed by atoms with Crippen molar-refractivity contribution in [2.45, 2.75) is 46.1 Å². The van der Waals surface area contributed by atoms with E-state index in [0.29, 0.717) is 35.1 Å². The third-order valence-electron chi connectivity index (χ3n) is 5.96. The van der Waals surface area contributed by atoms with E-state index in [-0.39, 0.29) is 18.9 Å². The number of rotatable bonds is 8. The van der Waals surface area contributed by atoms with Crippen molar-refractivity contribution in [1.29, 1.82) is 0 Å². The van der Waals surface area contributed by atoms with E-state index in [1.807, 2.05) is 30.3 Å². The summed E-state index contributed by atoms with van der Waals surface area (Å²) in [7, 11) is 3.00. The van der Waals surface area contributed by atoms with Crippen molar-refractivity contribution >= 4 is 22.9 Å². The molecule has 0 unspecified atom stereocenters. The minimum absolute atomic E-state index is 0.103. The summed E-state index contributed by atoms with van der Waals surface area (Å²) in [5.41, 5.74) is 2.48. The molecule has 1 aromatic carbocycles. The third-order valence-corrected chi connectivity index (χ3v) is 5.96. The Kier molecular flexibility index (Phi) is 7.65. The van der Waals surface area contributed by atoms with Crippen molar-refractivity contribution in [3.63, 3.8) is 0 Å². The van der Waals surface area contributed by atoms with Gasteiger partial charge in [0.2, 0.25) is 5.91 Å². The molecule has 0 saturated heterocycles. The molecule has 0 aliphatic carbocycles. The maximum absolute atomic E-state index is 12.8. The molecule has 3 rings (SSSR count). The fourth-order valence-corrected chi connectivity index (χ4v) is 4.10. The van der Waals surface area contributed by atoms with E-state index in [2.05, 4.69) is 10.3 Å². The molecule has 0 aliphatic heterocycles. The van der Waals surface area contributed by atoms with Gasteiger partial charge in [0.15, 0.2) is 0 Å². The lowest BCUT2D eigenvalue weighted by molar-refractivity contribution is -0.147. The number of hydrogen-bond acceptors (Lipinski definition) is 6. The van der Waals surface area contributed by atoms with Crippen molar-refractivity contribution < 1.29 is 14.3 Å². The van der Waals surface area contributed by atoms with Gasteiger partial charge >= 0.3 is 11.7 Å². The maximum atomic E-state index is 12.8. The molecule has 0 saturated carbocycles. The summed E-state index contributed by atoms with van der Waals surface area (Å²) in [6, 6.07) is 8.61. The Balaban J connectivity index is 1.82. The number of nitrogens with one attached hydrogen (secondary N) is 1. The number of nitrogens with zero attached hydrogens (tertiary/aromatic N) is 3. The Morgan fingerprint density at radius 2 is 1.76 bits per heavy atom. The van der Waals surface area contributed by atoms with Crippen molar-refractivity contribution in [2.75, 3.05) is 6.61 Å². The number of ether oxygens (including phenoxy) is 1. The minimum Gasteiger partial charge on any atom is -0.464 e. The molecule has 9 heteroatoms. The van der Waals surface area contributed by atoms with E-state index in [9.17, 15) is 19.2 Å². The van der Waals surface area contributed by atoms with Crippen LogP contribution >= 0.6 is 0 Å². The summed E-state index contributed by atoms with van der Waals surface area (Å²) >= 11 is 0. The van der Waals surface area contributed by atoms with Crippen LogP contribution in [0.5, 0.6) is 0 Å². The van der Waals surface area contributed by atoms with Gasteiger partial charge in [-0.2, -0.15) is 0 Å². The van der Waals surface area contributed by atoms with Gasteiger partial charge < -0.3 is 10.1 Å². The number of carbonyl (C=O) groups is 2. The molecule has 0 radical (unpaired) electrons. The van der Waals surface area contributed by atoms with Crippen molar-refractivity contribution in [1.82, 2.24) is 19.4 Å². The Morgan fingerprint density at radius 3 is 2.41 bits per heavy atom. The topological polar surface area (TPSA) is 112 Å². The van der Waals surface area contributed by atoms with Gasteiger partial charge in [0, 0.05) is 32.6 Å². The molecule has 34 heavy (non-hydrogen) atoms. The summed E-state index contributed by atoms with van der Waals surface area (Å²) in [6.07, 6.45) is 0.760. The van der Waals surface area contributed by atoms with Crippen LogP contribution in [-0.2, 0) is 41.3 Å². The van der Waals surface area contributed by atoms with Crippen molar-refractivity contribution in [2.24, 2.45) is 14.1 Å². The second-order valence-electron chi connectivity index (χ2n) is 8.27. The largest absolute Gasteiger partial charge is 0.464 e. The molecule has 0 aliphatic rings. The highest BCUT2D eigenvalue weighted by Gasteiger charge is 2.23. The van der Waals surface area contributed by atoms with Gasteiger partial charge in [0.05, 0.1) is 12.0 Å². The van der Waals surface area contributed by atoms with Crippen molar-refractivity contribution in [3.8, 4) is 0 Å². The zero-order chi connectivity index (χ0) is 25.0. The van der Waals surface area contributed by atoms with Crippen LogP contribution in [0.4, 0.5) is 0 Å². The summed E-state index contributed by atoms with van der Waals surface area (Å²) in [5.74, 6) is -0.787. The number of aryl methyl sites for hydroxylation is 3. The first-order valence-corrected chi connectivity index (χ1v) is 11.2. The monoisotopic (exact) mass is 466 g/mol. The quantitative estimate of drug-likeness (QED) is 0.503. The molecule has 0 bridgehead atoms. The molecule has 0 fully saturated rings. The number of carbonyl (C=O) groups excluding carboxylic acids is 2. The van der Waals surface area contributed by atoms with Gasteiger partial charge in [-0.1, -0.05) is 30.3 Å². The van der Waals surface area contributed by atoms with E-state index < -0.39 is 23.3 Å². The Hall–Kier alpha value is -3.75. The summed E-state index contributed by atoms with van der Waals surface area (Å²) in [5, 5.41) is 3.15. The molecule has 180 valence electrons. The average molecular weight is 467 g/mol. The molecule has 1 atom stereocenters. The predicted octanol–water partition coefficient (Wildman–Crippen LogP) is 1.47. The van der Waals surface area contributed by atoms with Gasteiger partial charge in [0.25, 0.3) is 5.56 Å². The Labute approximate surface area is 197 Å². The van der Waals surface area contributed by atoms with Crippen LogP contribution in [0.1, 0.15) is 35.7 Å². The number of pyridine rings is 1. The number of hydrogen-bond donors (Lipinski definition) is 1. The van der Waals surface area contributed by atoms with Gasteiger partial charge in [0.1, 0.15) is 11.7 Å². The second-order valence-corrected chi connectivity index (χ2v) is 8.27. The smallest absolute Gasteiger partial charge is 0.332 e. The maximum Gasteiger partial charge on any atom is 0.332 e. The van der Waals surface area contributed by atoms with Gasteiger partial charge in [-0.25, -0.2) is 14.6 Å². The average Bonchev–Trinajstić information content (AvgIpc) is 2.81. The van der Waals surface area contributed by atoms with Crippen LogP contribution < -0.4 is 16.6 Å². The summed E-state index contributed by atoms with van der Waals surface area (Å²) < 4.78 is 7.54. The number of benzene rings is 1. The second kappa shape index (κ2) is 10.5. The van der Waals surface area contributed by atoms with Gasteiger partial charge in [-0.3, -0.25) is 18.7 Å². The molecule has 3 aromatic rings. The number of aromatic nitrogens is 3. The molecule has 1 N–H and O–H groups in total. The van der Waals surface area contributed by atoms with Gasteiger partial charge in [-0.15, -0.1) is 0 Å². The highest BCUT2D eigenvalue weighted by atomic mass is 16.5. The van der Waals surface area contributed by atoms with Gasteiger partial charge in [-0.05, 0) is 43.9 Å². The van der Waals surface area contributed by atoms with Crippen LogP contribution in [0.3, 0.4) is 0 Å². The molecular weight excluding hydrogens is 436 g/mol. The lowest BCUT2D eigenvalue weighted by Gasteiger charge is -2.18. The molecule has 2 heterocycles. The normalized spacial score (nSPS) is 11.9. The molecule has 9 nitrogen and oxygen atoms in total. The zero-order valence-corrected chi connectivity index (χ0v) is 20.2.